The van der Waals surface area contributed by atoms with Gasteiger partial charge in [0.1, 0.15) is 23.7 Å². The number of nitrogens with zero attached hydrogens (tertiary/aromatic N) is 7. The summed E-state index contributed by atoms with van der Waals surface area (Å²) in [6, 6.07) is 15.3. The lowest BCUT2D eigenvalue weighted by Gasteiger charge is -2.20. The second kappa shape index (κ2) is 30.3. The minimum absolute atomic E-state index is 0.0133. The number of fused-ring (bicyclic) bond motifs is 1. The molecule has 7 aromatic rings. The molecule has 7 rings (SSSR count). The van der Waals surface area contributed by atoms with Gasteiger partial charge >= 0.3 is 0 Å². The Morgan fingerprint density at radius 2 is 1.18 bits per heavy atom. The second-order valence-electron chi connectivity index (χ2n) is 17.6. The van der Waals surface area contributed by atoms with E-state index < -0.39 is 29.9 Å². The number of nitrogens with two attached hydrogens (primary N) is 1. The first-order valence-electron chi connectivity index (χ1n) is 25.6. The van der Waals surface area contributed by atoms with Crippen LogP contribution in [-0.2, 0) is 66.1 Å². The van der Waals surface area contributed by atoms with Gasteiger partial charge < -0.3 is 92.9 Å². The van der Waals surface area contributed by atoms with E-state index in [9.17, 15) is 19.2 Å². The number of anilines is 4. The molecule has 4 amide bonds. The third kappa shape index (κ3) is 18.1. The molecule has 5 aromatic heterocycles. The van der Waals surface area contributed by atoms with E-state index in [-0.39, 0.29) is 49.5 Å². The molecule has 0 bridgehead atoms. The van der Waals surface area contributed by atoms with Gasteiger partial charge in [-0.15, -0.1) is 0 Å². The van der Waals surface area contributed by atoms with Gasteiger partial charge in [0.2, 0.25) is 5.82 Å². The van der Waals surface area contributed by atoms with Crippen molar-refractivity contribution < 1.29 is 61.8 Å². The average Bonchev–Trinajstić information content (AvgIpc) is 4.36. The summed E-state index contributed by atoms with van der Waals surface area (Å²) in [6.45, 7) is 7.51. The van der Waals surface area contributed by atoms with E-state index in [0.717, 1.165) is 5.75 Å². The van der Waals surface area contributed by atoms with E-state index in [4.69, 9.17) is 48.4 Å². The van der Waals surface area contributed by atoms with Crippen LogP contribution in [0.1, 0.15) is 48.9 Å². The van der Waals surface area contributed by atoms with Crippen molar-refractivity contribution in [3.63, 3.8) is 0 Å². The third-order valence-electron chi connectivity index (χ3n) is 11.6. The van der Waals surface area contributed by atoms with Crippen LogP contribution in [0.5, 0.6) is 5.75 Å². The summed E-state index contributed by atoms with van der Waals surface area (Å²) in [5, 5.41) is 11.2. The van der Waals surface area contributed by atoms with Crippen LogP contribution < -0.4 is 31.7 Å². The van der Waals surface area contributed by atoms with Crippen LogP contribution in [0.25, 0.3) is 22.7 Å². The van der Waals surface area contributed by atoms with Crippen LogP contribution in [0.15, 0.2) is 85.6 Å². The number of carbonyl (C=O) groups is 4. The molecule has 2 aromatic carbocycles. The normalized spacial score (nSPS) is 11.8. The third-order valence-corrected chi connectivity index (χ3v) is 11.6. The Bertz CT molecular complexity index is 3050. The number of hydrogen-bond donors (Lipinski definition) is 6. The molecule has 0 aliphatic heterocycles. The standard InChI is InChI=1S/C53H69N13O13/c1-6-71-15-16-72-23-24-77-35-46(79-28-26-76-22-20-74-18-17-73-19-21-75-25-27-78-40-10-8-37(54)9-11-40)62-52(69)44-31-39(33-65(44)4)57-53(70)49-60-45(34-66(49)5)61-51(68)43-30-38(32-64(43)3)56-50(67)36-7-12-41-42(29-36)59-47(58-41)48-55-13-14-63(48)2/h7-14,29-34,46H,6,15-28,35,54H2,1-5H3,(H,56,67)(H,57,70)(H,58,59)(H,61,68)(H,62,69). The smallest absolute Gasteiger partial charge is 0.291 e. The Balaban J connectivity index is 0.825. The maximum absolute atomic E-state index is 13.6. The van der Waals surface area contributed by atoms with Gasteiger partial charge in [-0.05, 0) is 61.5 Å². The number of nitrogen functional groups attached to an aromatic ring is 1. The van der Waals surface area contributed by atoms with Crippen molar-refractivity contribution >= 4 is 57.5 Å². The molecule has 424 valence electrons. The van der Waals surface area contributed by atoms with Gasteiger partial charge in [-0.3, -0.25) is 19.2 Å². The summed E-state index contributed by atoms with van der Waals surface area (Å²) in [5.74, 6) is 0.0294. The first kappa shape index (κ1) is 58.7. The van der Waals surface area contributed by atoms with Crippen LogP contribution in [0.2, 0.25) is 0 Å². The lowest BCUT2D eigenvalue weighted by atomic mass is 10.2. The van der Waals surface area contributed by atoms with Gasteiger partial charge in [-0.2, -0.15) is 0 Å². The quantitative estimate of drug-likeness (QED) is 0.0186. The molecule has 26 heteroatoms. The van der Waals surface area contributed by atoms with Gasteiger partial charge in [0.05, 0.1) is 115 Å². The molecule has 0 aliphatic carbocycles. The van der Waals surface area contributed by atoms with E-state index >= 15 is 0 Å². The van der Waals surface area contributed by atoms with Crippen molar-refractivity contribution in [3.05, 3.63) is 108 Å². The maximum atomic E-state index is 13.6. The summed E-state index contributed by atoms with van der Waals surface area (Å²) in [6.07, 6.45) is 7.30. The first-order chi connectivity index (χ1) is 38.3. The van der Waals surface area contributed by atoms with Crippen molar-refractivity contribution in [2.24, 2.45) is 28.2 Å². The number of benzene rings is 2. The Hall–Kier alpha value is -7.95. The molecule has 1 atom stereocenters. The number of aryl methyl sites for hydroxylation is 4. The Morgan fingerprint density at radius 1 is 0.595 bits per heavy atom. The van der Waals surface area contributed by atoms with Gasteiger partial charge in [-0.25, -0.2) is 15.0 Å². The van der Waals surface area contributed by atoms with Gasteiger partial charge in [0, 0.05) is 77.0 Å². The number of nitrogens with one attached hydrogen (secondary N) is 5. The zero-order valence-corrected chi connectivity index (χ0v) is 45.0. The number of ether oxygens (including phenoxy) is 9. The number of aromatic nitrogens is 8. The summed E-state index contributed by atoms with van der Waals surface area (Å²) in [4.78, 5) is 70.4. The largest absolute Gasteiger partial charge is 0.491 e. The maximum Gasteiger partial charge on any atom is 0.291 e. The molecule has 5 heterocycles. The van der Waals surface area contributed by atoms with Crippen molar-refractivity contribution in [2.75, 3.05) is 127 Å². The van der Waals surface area contributed by atoms with Gasteiger partial charge in [-0.1, -0.05) is 0 Å². The van der Waals surface area contributed by atoms with Crippen molar-refractivity contribution in [1.82, 2.24) is 43.5 Å². The molecule has 26 nitrogen and oxygen atoms in total. The van der Waals surface area contributed by atoms with E-state index in [1.807, 2.05) is 36.9 Å². The minimum atomic E-state index is -0.862. The number of carbonyl (C=O) groups excluding carboxylic acids is 4. The van der Waals surface area contributed by atoms with Crippen molar-refractivity contribution in [3.8, 4) is 17.4 Å². The number of rotatable bonds is 35. The van der Waals surface area contributed by atoms with Crippen LogP contribution in [0, 0.1) is 0 Å². The van der Waals surface area contributed by atoms with Gasteiger partial charge in [0.25, 0.3) is 23.6 Å². The summed E-state index contributed by atoms with van der Waals surface area (Å²) in [7, 11) is 6.79. The molecular weight excluding hydrogens is 1030 g/mol. The molecule has 0 saturated carbocycles. The lowest BCUT2D eigenvalue weighted by molar-refractivity contribution is -0.0632. The highest BCUT2D eigenvalue weighted by Gasteiger charge is 2.22. The molecular formula is C53H69N13O13. The predicted octanol–water partition coefficient (Wildman–Crippen LogP) is 4.00. The summed E-state index contributed by atoms with van der Waals surface area (Å²) >= 11 is 0. The van der Waals surface area contributed by atoms with E-state index in [1.54, 1.807) is 79.2 Å². The zero-order chi connectivity index (χ0) is 55.9. The minimum Gasteiger partial charge on any atom is -0.491 e. The molecule has 0 radical (unpaired) electrons. The number of aromatic amines is 1. The van der Waals surface area contributed by atoms with Crippen molar-refractivity contribution in [2.45, 2.75) is 13.2 Å². The lowest BCUT2D eigenvalue weighted by Crippen LogP contribution is -2.41. The fraction of sp³-hybridized carbons (Fsp3) is 0.415. The van der Waals surface area contributed by atoms with Crippen LogP contribution in [-0.4, -0.2) is 174 Å². The molecule has 0 spiro atoms. The highest BCUT2D eigenvalue weighted by molar-refractivity contribution is 6.08. The van der Waals surface area contributed by atoms with Crippen LogP contribution in [0.4, 0.5) is 22.9 Å². The van der Waals surface area contributed by atoms with Gasteiger partial charge in [0.15, 0.2) is 23.7 Å². The van der Waals surface area contributed by atoms with E-state index in [2.05, 4.69) is 41.2 Å². The second-order valence-corrected chi connectivity index (χ2v) is 17.6. The highest BCUT2D eigenvalue weighted by atomic mass is 16.6. The Labute approximate surface area is 456 Å². The monoisotopic (exact) mass is 1100 g/mol. The van der Waals surface area contributed by atoms with E-state index in [1.165, 1.54) is 22.9 Å². The zero-order valence-electron chi connectivity index (χ0n) is 45.0. The molecule has 0 aliphatic rings. The number of amides is 4. The van der Waals surface area contributed by atoms with Crippen molar-refractivity contribution in [1.29, 1.82) is 0 Å². The SMILES string of the molecule is CCOCCOCCOCC(NC(=O)c1cc(NC(=O)c2nc(NC(=O)c3cc(NC(=O)c4ccc5nc(-c6nccn6C)[nH]c5c4)cn3C)cn2C)cn1C)OCCOCCOCCOCCOCCOc1ccc(N)cc1. The van der Waals surface area contributed by atoms with E-state index in [0.29, 0.717) is 125 Å². The molecule has 0 fully saturated rings. The molecule has 1 unspecified atom stereocenters. The number of hydrogen-bond acceptors (Lipinski definition) is 17. The average molecular weight is 1100 g/mol. The topological polar surface area (TPSA) is 300 Å². The summed E-state index contributed by atoms with van der Waals surface area (Å²) < 4.78 is 56.9. The number of imidazole rings is 3. The first-order valence-corrected chi connectivity index (χ1v) is 25.6. The highest BCUT2D eigenvalue weighted by Crippen LogP contribution is 2.22. The fourth-order valence-corrected chi connectivity index (χ4v) is 7.69. The Morgan fingerprint density at radius 3 is 1.80 bits per heavy atom. The predicted molar refractivity (Wildman–Crippen MR) is 291 cm³/mol. The molecule has 79 heavy (non-hydrogen) atoms. The van der Waals surface area contributed by atoms with Crippen LogP contribution in [0.3, 0.4) is 0 Å². The molecule has 7 N–H and O–H groups in total. The van der Waals surface area contributed by atoms with Crippen LogP contribution >= 0.6 is 0 Å². The number of H-pyrrole nitrogens is 1. The molecule has 0 saturated heterocycles. The summed E-state index contributed by atoms with van der Waals surface area (Å²) in [5.41, 5.74) is 9.20. The Kier molecular flexibility index (Phi) is 22.5. The fourth-order valence-electron chi connectivity index (χ4n) is 7.69.